The van der Waals surface area contributed by atoms with E-state index in [4.69, 9.17) is 4.74 Å². The zero-order chi connectivity index (χ0) is 21.9. The molecule has 1 aromatic rings. The lowest BCUT2D eigenvalue weighted by molar-refractivity contribution is -0.131. The van der Waals surface area contributed by atoms with Gasteiger partial charge in [-0.3, -0.25) is 14.5 Å². The number of aryl methyl sites for hydroxylation is 1. The van der Waals surface area contributed by atoms with Crippen LogP contribution < -0.4 is 5.32 Å². The van der Waals surface area contributed by atoms with E-state index < -0.39 is 0 Å². The maximum atomic E-state index is 12.7. The second-order valence-electron chi connectivity index (χ2n) is 9.33. The number of nitrogens with zero attached hydrogens (tertiary/aromatic N) is 3. The van der Waals surface area contributed by atoms with Crippen LogP contribution in [-0.4, -0.2) is 77.7 Å². The van der Waals surface area contributed by atoms with Crippen molar-refractivity contribution in [3.8, 4) is 0 Å². The first-order chi connectivity index (χ1) is 14.2. The molecular formula is C23H36N4O3. The van der Waals surface area contributed by atoms with E-state index in [1.807, 2.05) is 60.0 Å². The quantitative estimate of drug-likeness (QED) is 0.720. The summed E-state index contributed by atoms with van der Waals surface area (Å²) in [5.74, 6) is 0.357. The topological polar surface area (TPSA) is 66.8 Å². The highest BCUT2D eigenvalue weighted by Gasteiger charge is 2.44. The van der Waals surface area contributed by atoms with E-state index in [0.717, 1.165) is 24.8 Å². The molecule has 1 aromatic heterocycles. The molecule has 0 bridgehead atoms. The SMILES string of the molecule is CC(C)C(C(=O)NC1COC2(CCN(C(=O)/C=C/c3ccn(C)c3)CC2)C1)N(C)C. The predicted octanol–water partition coefficient (Wildman–Crippen LogP) is 1.89. The summed E-state index contributed by atoms with van der Waals surface area (Å²) in [4.78, 5) is 29.1. The molecule has 2 unspecified atom stereocenters. The van der Waals surface area contributed by atoms with E-state index >= 15 is 0 Å². The van der Waals surface area contributed by atoms with Crippen LogP contribution in [0.2, 0.25) is 0 Å². The average molecular weight is 417 g/mol. The smallest absolute Gasteiger partial charge is 0.246 e. The Balaban J connectivity index is 1.49. The standard InChI is InChI=1S/C23H36N4O3/c1-17(2)21(25(3)4)22(29)24-19-14-23(30-16-19)9-12-27(13-10-23)20(28)7-6-18-8-11-26(5)15-18/h6-8,11,15,17,19,21H,9-10,12-14,16H2,1-5H3,(H,24,29)/b7-6+. The number of aromatic nitrogens is 1. The molecule has 2 aliphatic heterocycles. The van der Waals surface area contributed by atoms with Crippen LogP contribution >= 0.6 is 0 Å². The number of likely N-dealkylation sites (tertiary alicyclic amines) is 1. The Hall–Kier alpha value is -2.12. The van der Waals surface area contributed by atoms with Crippen LogP contribution in [0.5, 0.6) is 0 Å². The van der Waals surface area contributed by atoms with Gasteiger partial charge in [0, 0.05) is 38.6 Å². The lowest BCUT2D eigenvalue weighted by atomic mass is 9.87. The van der Waals surface area contributed by atoms with Crippen LogP contribution in [0.1, 0.15) is 38.7 Å². The predicted molar refractivity (Wildman–Crippen MR) is 118 cm³/mol. The van der Waals surface area contributed by atoms with E-state index in [1.54, 1.807) is 6.08 Å². The van der Waals surface area contributed by atoms with Gasteiger partial charge in [-0.1, -0.05) is 13.8 Å². The molecule has 0 aromatic carbocycles. The third-order valence-electron chi connectivity index (χ3n) is 6.27. The number of carbonyl (C=O) groups excluding carboxylic acids is 2. The van der Waals surface area contributed by atoms with Gasteiger partial charge >= 0.3 is 0 Å². The second kappa shape index (κ2) is 9.35. The molecule has 0 radical (unpaired) electrons. The number of hydrogen-bond acceptors (Lipinski definition) is 4. The zero-order valence-corrected chi connectivity index (χ0v) is 18.9. The Bertz CT molecular complexity index is 767. The summed E-state index contributed by atoms with van der Waals surface area (Å²) >= 11 is 0. The zero-order valence-electron chi connectivity index (χ0n) is 18.9. The van der Waals surface area contributed by atoms with Crippen molar-refractivity contribution < 1.29 is 14.3 Å². The first kappa shape index (κ1) is 22.6. The molecule has 1 N–H and O–H groups in total. The fourth-order valence-corrected chi connectivity index (χ4v) is 4.74. The summed E-state index contributed by atoms with van der Waals surface area (Å²) in [6.07, 6.45) is 9.90. The minimum absolute atomic E-state index is 0.0407. The van der Waals surface area contributed by atoms with Gasteiger partial charge in [0.15, 0.2) is 0 Å². The second-order valence-corrected chi connectivity index (χ2v) is 9.33. The number of ether oxygens (including phenoxy) is 1. The Morgan fingerprint density at radius 3 is 2.57 bits per heavy atom. The van der Waals surface area contributed by atoms with Gasteiger partial charge in [0.25, 0.3) is 0 Å². The largest absolute Gasteiger partial charge is 0.373 e. The number of likely N-dealkylation sites (N-methyl/N-ethyl adjacent to an activating group) is 1. The van der Waals surface area contributed by atoms with Crippen LogP contribution in [0.4, 0.5) is 0 Å². The van der Waals surface area contributed by atoms with Crippen LogP contribution in [0.25, 0.3) is 6.08 Å². The van der Waals surface area contributed by atoms with Gasteiger partial charge in [-0.05, 0) is 57.0 Å². The molecule has 7 nitrogen and oxygen atoms in total. The molecule has 2 fully saturated rings. The molecule has 2 aliphatic rings. The van der Waals surface area contributed by atoms with Crippen molar-refractivity contribution in [2.45, 2.75) is 50.8 Å². The Morgan fingerprint density at radius 1 is 1.30 bits per heavy atom. The van der Waals surface area contributed by atoms with Crippen LogP contribution in [0.15, 0.2) is 24.5 Å². The Labute approximate surface area is 180 Å². The molecule has 0 saturated carbocycles. The van der Waals surface area contributed by atoms with Gasteiger partial charge in [-0.25, -0.2) is 0 Å². The highest BCUT2D eigenvalue weighted by atomic mass is 16.5. The van der Waals surface area contributed by atoms with Gasteiger partial charge in [-0.2, -0.15) is 0 Å². The first-order valence-electron chi connectivity index (χ1n) is 10.9. The van der Waals surface area contributed by atoms with E-state index in [-0.39, 0.29) is 35.4 Å². The third kappa shape index (κ3) is 5.32. The Kier molecular flexibility index (Phi) is 7.03. The minimum atomic E-state index is -0.219. The molecule has 2 saturated heterocycles. The normalized spacial score (nSPS) is 22.4. The van der Waals surface area contributed by atoms with Crippen molar-refractivity contribution in [1.82, 2.24) is 19.7 Å². The van der Waals surface area contributed by atoms with Crippen LogP contribution in [-0.2, 0) is 21.4 Å². The van der Waals surface area contributed by atoms with E-state index in [0.29, 0.717) is 19.7 Å². The Morgan fingerprint density at radius 2 is 2.00 bits per heavy atom. The lowest BCUT2D eigenvalue weighted by Crippen LogP contribution is -2.50. The molecule has 2 atom stereocenters. The molecule has 3 rings (SSSR count). The summed E-state index contributed by atoms with van der Waals surface area (Å²) in [6, 6.07) is 1.88. The summed E-state index contributed by atoms with van der Waals surface area (Å²) in [5.41, 5.74) is 0.804. The fourth-order valence-electron chi connectivity index (χ4n) is 4.74. The maximum absolute atomic E-state index is 12.7. The van der Waals surface area contributed by atoms with Gasteiger partial charge in [-0.15, -0.1) is 0 Å². The molecule has 30 heavy (non-hydrogen) atoms. The highest BCUT2D eigenvalue weighted by Crippen LogP contribution is 2.36. The van der Waals surface area contributed by atoms with Crippen molar-refractivity contribution in [1.29, 1.82) is 0 Å². The minimum Gasteiger partial charge on any atom is -0.373 e. The van der Waals surface area contributed by atoms with Gasteiger partial charge < -0.3 is 19.5 Å². The fraction of sp³-hybridized carbons (Fsp3) is 0.652. The number of nitrogens with one attached hydrogen (secondary N) is 1. The molecule has 3 heterocycles. The summed E-state index contributed by atoms with van der Waals surface area (Å²) < 4.78 is 8.13. The molecule has 7 heteroatoms. The molecule has 2 amide bonds. The van der Waals surface area contributed by atoms with E-state index in [2.05, 4.69) is 19.2 Å². The van der Waals surface area contributed by atoms with E-state index in [9.17, 15) is 9.59 Å². The van der Waals surface area contributed by atoms with Crippen molar-refractivity contribution in [2.24, 2.45) is 13.0 Å². The summed E-state index contributed by atoms with van der Waals surface area (Å²) in [6.45, 7) is 6.05. The summed E-state index contributed by atoms with van der Waals surface area (Å²) in [5, 5.41) is 3.19. The molecule has 0 aliphatic carbocycles. The number of hydrogen-bond donors (Lipinski definition) is 1. The van der Waals surface area contributed by atoms with Gasteiger partial charge in [0.05, 0.1) is 24.3 Å². The van der Waals surface area contributed by atoms with E-state index in [1.165, 1.54) is 0 Å². The van der Waals surface area contributed by atoms with Crippen LogP contribution in [0.3, 0.4) is 0 Å². The number of piperidine rings is 1. The van der Waals surface area contributed by atoms with Crippen molar-refractivity contribution >= 4 is 17.9 Å². The lowest BCUT2D eigenvalue weighted by Gasteiger charge is -2.38. The van der Waals surface area contributed by atoms with Gasteiger partial charge in [0.1, 0.15) is 0 Å². The van der Waals surface area contributed by atoms with Crippen molar-refractivity contribution in [2.75, 3.05) is 33.8 Å². The first-order valence-corrected chi connectivity index (χ1v) is 10.9. The molecule has 1 spiro atoms. The monoisotopic (exact) mass is 416 g/mol. The number of amides is 2. The molecule has 166 valence electrons. The third-order valence-corrected chi connectivity index (χ3v) is 6.27. The maximum Gasteiger partial charge on any atom is 0.246 e. The number of rotatable bonds is 6. The van der Waals surface area contributed by atoms with Crippen molar-refractivity contribution in [3.63, 3.8) is 0 Å². The average Bonchev–Trinajstić information content (AvgIpc) is 3.26. The van der Waals surface area contributed by atoms with Gasteiger partial charge in [0.2, 0.25) is 11.8 Å². The van der Waals surface area contributed by atoms with Crippen LogP contribution in [0, 0.1) is 5.92 Å². The summed E-state index contributed by atoms with van der Waals surface area (Å²) in [7, 11) is 5.84. The molecular weight excluding hydrogens is 380 g/mol. The van der Waals surface area contributed by atoms with Crippen molar-refractivity contribution in [3.05, 3.63) is 30.1 Å². The number of carbonyl (C=O) groups is 2. The highest BCUT2D eigenvalue weighted by molar-refractivity contribution is 5.91.